The number of carbonyl (C=O) groups excluding carboxylic acids is 1. The van der Waals surface area contributed by atoms with Crippen LogP contribution in [-0.4, -0.2) is 21.6 Å². The molecule has 1 aromatic heterocycles. The molecule has 0 saturated carbocycles. The molecule has 0 fully saturated rings. The Hall–Kier alpha value is -3.67. The lowest BCUT2D eigenvalue weighted by molar-refractivity contribution is -0.122. The van der Waals surface area contributed by atoms with Crippen LogP contribution in [0.15, 0.2) is 59.4 Å². The number of amides is 1. The first kappa shape index (κ1) is 16.5. The molecule has 138 valence electrons. The summed E-state index contributed by atoms with van der Waals surface area (Å²) in [6.07, 6.45) is -0.543. The average Bonchev–Trinajstić information content (AvgIpc) is 2.68. The molecule has 1 N–H and O–H groups in total. The molecular weight excluding hydrogens is 354 g/mol. The normalized spacial score (nSPS) is 15.9. The van der Waals surface area contributed by atoms with E-state index in [1.165, 1.54) is 0 Å². The van der Waals surface area contributed by atoms with Gasteiger partial charge in [0, 0.05) is 0 Å². The minimum Gasteiger partial charge on any atom is -0.479 e. The summed E-state index contributed by atoms with van der Waals surface area (Å²) in [6.45, 7) is 3.49. The fraction of sp³-hybridized carbons (Fsp3) is 0.136. The fourth-order valence-electron chi connectivity index (χ4n) is 3.62. The van der Waals surface area contributed by atoms with E-state index in [1.807, 2.05) is 36.4 Å². The third-order valence-electron chi connectivity index (χ3n) is 5.06. The zero-order chi connectivity index (χ0) is 19.4. The molecular formula is C22H17N3O3. The molecule has 28 heavy (non-hydrogen) atoms. The highest BCUT2D eigenvalue weighted by atomic mass is 16.5. The predicted octanol–water partition coefficient (Wildman–Crippen LogP) is 3.57. The van der Waals surface area contributed by atoms with Gasteiger partial charge >= 0.3 is 0 Å². The molecule has 6 nitrogen and oxygen atoms in total. The van der Waals surface area contributed by atoms with Crippen LogP contribution in [0.25, 0.3) is 27.4 Å². The van der Waals surface area contributed by atoms with Gasteiger partial charge in [-0.25, -0.2) is 4.98 Å². The van der Waals surface area contributed by atoms with Gasteiger partial charge in [-0.15, -0.1) is 0 Å². The number of rotatable bonds is 1. The highest BCUT2D eigenvalue weighted by Crippen LogP contribution is 2.31. The summed E-state index contributed by atoms with van der Waals surface area (Å²) >= 11 is 0. The number of nitrogens with one attached hydrogen (secondary N) is 1. The third kappa shape index (κ3) is 2.45. The second-order valence-electron chi connectivity index (χ2n) is 6.95. The van der Waals surface area contributed by atoms with Crippen molar-refractivity contribution >= 4 is 33.3 Å². The smallest absolute Gasteiger partial charge is 0.265 e. The van der Waals surface area contributed by atoms with E-state index >= 15 is 0 Å². The Labute approximate surface area is 160 Å². The number of carbonyl (C=O) groups is 1. The van der Waals surface area contributed by atoms with Crippen molar-refractivity contribution in [1.29, 1.82) is 0 Å². The SMILES string of the molecule is Cc1nc2cc3ccccc3cc2c(=O)n1-c1ccc2c(c1)NC(=O)C(C)O2. The van der Waals surface area contributed by atoms with Gasteiger partial charge in [-0.1, -0.05) is 24.3 Å². The molecule has 0 spiro atoms. The monoisotopic (exact) mass is 371 g/mol. The maximum absolute atomic E-state index is 13.3. The van der Waals surface area contributed by atoms with Gasteiger partial charge in [0.05, 0.1) is 22.3 Å². The molecule has 1 unspecified atom stereocenters. The van der Waals surface area contributed by atoms with Crippen LogP contribution in [0.3, 0.4) is 0 Å². The number of aryl methyl sites for hydroxylation is 1. The summed E-state index contributed by atoms with van der Waals surface area (Å²) in [5, 5.41) is 5.41. The summed E-state index contributed by atoms with van der Waals surface area (Å²) in [5.74, 6) is 0.947. The Morgan fingerprint density at radius 1 is 1.04 bits per heavy atom. The Morgan fingerprint density at radius 3 is 2.57 bits per heavy atom. The van der Waals surface area contributed by atoms with Crippen LogP contribution in [-0.2, 0) is 4.79 Å². The van der Waals surface area contributed by atoms with Crippen molar-refractivity contribution in [1.82, 2.24) is 9.55 Å². The topological polar surface area (TPSA) is 73.2 Å². The van der Waals surface area contributed by atoms with E-state index in [1.54, 1.807) is 36.6 Å². The van der Waals surface area contributed by atoms with Crippen molar-refractivity contribution in [2.75, 3.05) is 5.32 Å². The second kappa shape index (κ2) is 5.92. The maximum atomic E-state index is 13.3. The summed E-state index contributed by atoms with van der Waals surface area (Å²) < 4.78 is 7.16. The number of aromatic nitrogens is 2. The van der Waals surface area contributed by atoms with Crippen LogP contribution < -0.4 is 15.6 Å². The van der Waals surface area contributed by atoms with Crippen LogP contribution in [0.2, 0.25) is 0 Å². The van der Waals surface area contributed by atoms with Gasteiger partial charge in [-0.2, -0.15) is 0 Å². The fourth-order valence-corrected chi connectivity index (χ4v) is 3.62. The van der Waals surface area contributed by atoms with Crippen LogP contribution in [0, 0.1) is 6.92 Å². The molecule has 5 rings (SSSR count). The first-order valence-electron chi connectivity index (χ1n) is 9.05. The standard InChI is InChI=1S/C22H17N3O3/c1-12-21(26)24-19-11-16(7-8-20(19)28-12)25-13(2)23-18-10-15-6-4-3-5-14(15)9-17(18)22(25)27/h3-12H,1-2H3,(H,24,26). The number of hydrogen-bond acceptors (Lipinski definition) is 4. The van der Waals surface area contributed by atoms with Crippen LogP contribution in [0.4, 0.5) is 5.69 Å². The summed E-state index contributed by atoms with van der Waals surface area (Å²) in [6, 6.07) is 17.0. The molecule has 1 atom stereocenters. The molecule has 0 bridgehead atoms. The van der Waals surface area contributed by atoms with E-state index in [-0.39, 0.29) is 11.5 Å². The van der Waals surface area contributed by atoms with Crippen molar-refractivity contribution in [3.05, 3.63) is 70.8 Å². The quantitative estimate of drug-likeness (QED) is 0.519. The van der Waals surface area contributed by atoms with Crippen LogP contribution in [0.5, 0.6) is 5.75 Å². The van der Waals surface area contributed by atoms with Crippen molar-refractivity contribution in [3.8, 4) is 11.4 Å². The highest BCUT2D eigenvalue weighted by molar-refractivity contribution is 5.98. The minimum atomic E-state index is -0.543. The molecule has 0 radical (unpaired) electrons. The van der Waals surface area contributed by atoms with E-state index in [0.29, 0.717) is 33.9 Å². The van der Waals surface area contributed by atoms with Crippen molar-refractivity contribution in [2.45, 2.75) is 20.0 Å². The van der Waals surface area contributed by atoms with E-state index in [4.69, 9.17) is 4.74 Å². The second-order valence-corrected chi connectivity index (χ2v) is 6.95. The first-order chi connectivity index (χ1) is 13.5. The third-order valence-corrected chi connectivity index (χ3v) is 5.06. The van der Waals surface area contributed by atoms with Gasteiger partial charge in [0.25, 0.3) is 11.5 Å². The van der Waals surface area contributed by atoms with Gasteiger partial charge in [-0.05, 0) is 55.0 Å². The van der Waals surface area contributed by atoms with Crippen molar-refractivity contribution in [2.24, 2.45) is 0 Å². The number of ether oxygens (including phenoxy) is 1. The lowest BCUT2D eigenvalue weighted by atomic mass is 10.1. The molecule has 2 heterocycles. The Morgan fingerprint density at radius 2 is 1.79 bits per heavy atom. The minimum absolute atomic E-state index is 0.148. The van der Waals surface area contributed by atoms with Crippen molar-refractivity contribution in [3.63, 3.8) is 0 Å². The van der Waals surface area contributed by atoms with Gasteiger partial charge in [0.1, 0.15) is 11.6 Å². The molecule has 0 aliphatic carbocycles. The molecule has 6 heteroatoms. The molecule has 1 amide bonds. The molecule has 0 saturated heterocycles. The molecule has 1 aliphatic rings. The highest BCUT2D eigenvalue weighted by Gasteiger charge is 2.24. The van der Waals surface area contributed by atoms with Crippen LogP contribution >= 0.6 is 0 Å². The molecule has 3 aromatic carbocycles. The Bertz CT molecular complexity index is 1340. The lowest BCUT2D eigenvalue weighted by Crippen LogP contribution is -2.34. The molecule has 1 aliphatic heterocycles. The Balaban J connectivity index is 1.73. The van der Waals surface area contributed by atoms with E-state index < -0.39 is 6.10 Å². The number of nitrogens with zero attached hydrogens (tertiary/aromatic N) is 2. The zero-order valence-electron chi connectivity index (χ0n) is 15.4. The number of benzene rings is 3. The number of anilines is 1. The van der Waals surface area contributed by atoms with Gasteiger partial charge in [0.2, 0.25) is 0 Å². The summed E-state index contributed by atoms with van der Waals surface area (Å²) in [5.41, 5.74) is 1.69. The van der Waals surface area contributed by atoms with Crippen LogP contribution in [0.1, 0.15) is 12.7 Å². The van der Waals surface area contributed by atoms with E-state index in [0.717, 1.165) is 10.8 Å². The van der Waals surface area contributed by atoms with Crippen molar-refractivity contribution < 1.29 is 9.53 Å². The predicted molar refractivity (Wildman–Crippen MR) is 108 cm³/mol. The van der Waals surface area contributed by atoms with Gasteiger partial charge in [0.15, 0.2) is 6.10 Å². The number of fused-ring (bicyclic) bond motifs is 3. The maximum Gasteiger partial charge on any atom is 0.265 e. The van der Waals surface area contributed by atoms with Gasteiger partial charge < -0.3 is 10.1 Å². The lowest BCUT2D eigenvalue weighted by Gasteiger charge is -2.24. The van der Waals surface area contributed by atoms with E-state index in [2.05, 4.69) is 10.3 Å². The average molecular weight is 371 g/mol. The summed E-state index contributed by atoms with van der Waals surface area (Å²) in [7, 11) is 0. The van der Waals surface area contributed by atoms with Gasteiger partial charge in [-0.3, -0.25) is 14.2 Å². The summed E-state index contributed by atoms with van der Waals surface area (Å²) in [4.78, 5) is 29.8. The van der Waals surface area contributed by atoms with E-state index in [9.17, 15) is 9.59 Å². The largest absolute Gasteiger partial charge is 0.479 e. The number of hydrogen-bond donors (Lipinski definition) is 1. The first-order valence-corrected chi connectivity index (χ1v) is 9.05. The molecule has 4 aromatic rings. The Kier molecular flexibility index (Phi) is 3.49. The zero-order valence-corrected chi connectivity index (χ0v) is 15.4.